The lowest BCUT2D eigenvalue weighted by molar-refractivity contribution is -0.139. The highest BCUT2D eigenvalue weighted by atomic mass is 16.5. The van der Waals surface area contributed by atoms with E-state index in [1.54, 1.807) is 24.4 Å². The van der Waals surface area contributed by atoms with Crippen LogP contribution in [0.15, 0.2) is 36.5 Å². The fourth-order valence-electron chi connectivity index (χ4n) is 3.29. The first-order chi connectivity index (χ1) is 12.5. The fourth-order valence-corrected chi connectivity index (χ4v) is 3.29. The highest BCUT2D eigenvalue weighted by molar-refractivity contribution is 5.92. The Morgan fingerprint density at radius 1 is 1.27 bits per heavy atom. The number of hydrogen-bond donors (Lipinski definition) is 2. The number of aromatic nitrogens is 2. The van der Waals surface area contributed by atoms with E-state index in [1.807, 2.05) is 23.7 Å². The van der Waals surface area contributed by atoms with Crippen molar-refractivity contribution in [2.45, 2.75) is 44.7 Å². The minimum atomic E-state index is -1.02. The summed E-state index contributed by atoms with van der Waals surface area (Å²) in [4.78, 5) is 23.2. The van der Waals surface area contributed by atoms with Gasteiger partial charge in [0.25, 0.3) is 5.91 Å². The molecule has 0 bridgehead atoms. The zero-order valence-corrected chi connectivity index (χ0v) is 14.7. The van der Waals surface area contributed by atoms with Crippen molar-refractivity contribution >= 4 is 11.9 Å². The second kappa shape index (κ2) is 8.03. The van der Waals surface area contributed by atoms with Crippen LogP contribution in [-0.2, 0) is 4.79 Å². The van der Waals surface area contributed by atoms with Gasteiger partial charge in [-0.15, -0.1) is 0 Å². The van der Waals surface area contributed by atoms with Crippen LogP contribution in [0.3, 0.4) is 0 Å². The number of nitrogens with zero attached hydrogens (tertiary/aromatic N) is 2. The summed E-state index contributed by atoms with van der Waals surface area (Å²) in [5, 5.41) is 16.0. The molecule has 138 valence electrons. The topological polar surface area (TPSA) is 93.5 Å². The van der Waals surface area contributed by atoms with E-state index in [2.05, 4.69) is 10.4 Å². The zero-order valence-electron chi connectivity index (χ0n) is 14.7. The van der Waals surface area contributed by atoms with Crippen molar-refractivity contribution in [2.24, 2.45) is 0 Å². The standard InChI is InChI=1S/C19H23N3O4/c1-13(14-6-8-16(9-7-14)26-12-18(23)24)21-19(25)17-10-11-20-22(17)15-4-2-3-5-15/h6-11,13,15H,2-5,12H2,1H3,(H,21,25)(H,23,24). The van der Waals surface area contributed by atoms with Crippen molar-refractivity contribution in [3.8, 4) is 5.75 Å². The van der Waals surface area contributed by atoms with Gasteiger partial charge in [0.05, 0.1) is 12.1 Å². The molecule has 1 heterocycles. The minimum absolute atomic E-state index is 0.145. The largest absolute Gasteiger partial charge is 0.482 e. The first-order valence-electron chi connectivity index (χ1n) is 8.83. The van der Waals surface area contributed by atoms with Crippen molar-refractivity contribution in [2.75, 3.05) is 6.61 Å². The van der Waals surface area contributed by atoms with Gasteiger partial charge in [0.1, 0.15) is 11.4 Å². The number of ether oxygens (including phenoxy) is 1. The lowest BCUT2D eigenvalue weighted by Gasteiger charge is -2.17. The molecule has 3 rings (SSSR count). The molecular weight excluding hydrogens is 334 g/mol. The van der Waals surface area contributed by atoms with Gasteiger partial charge in [-0.25, -0.2) is 4.79 Å². The lowest BCUT2D eigenvalue weighted by atomic mass is 10.1. The molecule has 1 saturated carbocycles. The second-order valence-corrected chi connectivity index (χ2v) is 6.55. The van der Waals surface area contributed by atoms with Gasteiger partial charge in [0, 0.05) is 6.20 Å². The van der Waals surface area contributed by atoms with Gasteiger partial charge in [-0.2, -0.15) is 5.10 Å². The minimum Gasteiger partial charge on any atom is -0.482 e. The first-order valence-corrected chi connectivity index (χ1v) is 8.83. The highest BCUT2D eigenvalue weighted by Crippen LogP contribution is 2.30. The highest BCUT2D eigenvalue weighted by Gasteiger charge is 2.23. The van der Waals surface area contributed by atoms with Gasteiger partial charge in [-0.05, 0) is 43.5 Å². The average Bonchev–Trinajstić information content (AvgIpc) is 3.31. The van der Waals surface area contributed by atoms with Crippen LogP contribution in [0.25, 0.3) is 0 Å². The number of carboxylic acids is 1. The Morgan fingerprint density at radius 2 is 1.96 bits per heavy atom. The molecule has 0 aliphatic heterocycles. The van der Waals surface area contributed by atoms with Gasteiger partial charge in [0.15, 0.2) is 6.61 Å². The number of rotatable bonds is 7. The molecule has 1 fully saturated rings. The maximum atomic E-state index is 12.6. The van der Waals surface area contributed by atoms with Crippen molar-refractivity contribution in [1.29, 1.82) is 0 Å². The number of carbonyl (C=O) groups excluding carboxylic acids is 1. The third-order valence-electron chi connectivity index (χ3n) is 4.66. The average molecular weight is 357 g/mol. The van der Waals surface area contributed by atoms with Gasteiger partial charge in [0.2, 0.25) is 0 Å². The van der Waals surface area contributed by atoms with Crippen molar-refractivity contribution < 1.29 is 19.4 Å². The Balaban J connectivity index is 1.62. The summed E-state index contributed by atoms with van der Waals surface area (Å²) in [5.74, 6) is -0.685. The summed E-state index contributed by atoms with van der Waals surface area (Å²) >= 11 is 0. The normalized spacial score (nSPS) is 15.6. The number of nitrogens with one attached hydrogen (secondary N) is 1. The van der Waals surface area contributed by atoms with E-state index < -0.39 is 5.97 Å². The van der Waals surface area contributed by atoms with Gasteiger partial charge in [-0.3, -0.25) is 9.48 Å². The fraction of sp³-hybridized carbons (Fsp3) is 0.421. The zero-order chi connectivity index (χ0) is 18.5. The Hall–Kier alpha value is -2.83. The molecular formula is C19H23N3O4. The second-order valence-electron chi connectivity index (χ2n) is 6.55. The van der Waals surface area contributed by atoms with Gasteiger partial charge in [-0.1, -0.05) is 25.0 Å². The molecule has 0 radical (unpaired) electrons. The quantitative estimate of drug-likeness (QED) is 0.795. The third-order valence-corrected chi connectivity index (χ3v) is 4.66. The SMILES string of the molecule is CC(NC(=O)c1ccnn1C1CCCC1)c1ccc(OCC(=O)O)cc1. The summed E-state index contributed by atoms with van der Waals surface area (Å²) in [7, 11) is 0. The lowest BCUT2D eigenvalue weighted by Crippen LogP contribution is -2.29. The van der Waals surface area contributed by atoms with Crippen LogP contribution in [0.5, 0.6) is 5.75 Å². The van der Waals surface area contributed by atoms with Crippen LogP contribution >= 0.6 is 0 Å². The molecule has 26 heavy (non-hydrogen) atoms. The molecule has 2 N–H and O–H groups in total. The molecule has 1 aromatic heterocycles. The summed E-state index contributed by atoms with van der Waals surface area (Å²) in [6.07, 6.45) is 6.16. The van der Waals surface area contributed by atoms with E-state index in [0.29, 0.717) is 17.5 Å². The molecule has 2 aromatic rings. The molecule has 7 heteroatoms. The maximum absolute atomic E-state index is 12.6. The molecule has 1 aliphatic rings. The smallest absolute Gasteiger partial charge is 0.341 e. The Kier molecular flexibility index (Phi) is 5.55. The van der Waals surface area contributed by atoms with Crippen molar-refractivity contribution in [1.82, 2.24) is 15.1 Å². The number of aliphatic carboxylic acids is 1. The summed E-state index contributed by atoms with van der Waals surface area (Å²) in [6, 6.07) is 8.90. The van der Waals surface area contributed by atoms with Crippen LogP contribution < -0.4 is 10.1 Å². The molecule has 1 unspecified atom stereocenters. The van der Waals surface area contributed by atoms with E-state index in [9.17, 15) is 9.59 Å². The van der Waals surface area contributed by atoms with Crippen molar-refractivity contribution in [3.05, 3.63) is 47.8 Å². The van der Waals surface area contributed by atoms with Crippen LogP contribution in [0, 0.1) is 0 Å². The van der Waals surface area contributed by atoms with E-state index >= 15 is 0 Å². The molecule has 0 saturated heterocycles. The van der Waals surface area contributed by atoms with E-state index in [4.69, 9.17) is 9.84 Å². The van der Waals surface area contributed by atoms with Crippen molar-refractivity contribution in [3.63, 3.8) is 0 Å². The predicted molar refractivity (Wildman–Crippen MR) is 95.2 cm³/mol. The third kappa shape index (κ3) is 4.22. The molecule has 1 aliphatic carbocycles. The first kappa shape index (κ1) is 18.0. The molecule has 7 nitrogen and oxygen atoms in total. The monoisotopic (exact) mass is 357 g/mol. The van der Waals surface area contributed by atoms with Crippen LogP contribution in [0.4, 0.5) is 0 Å². The number of carboxylic acid groups (broad SMARTS) is 1. The molecule has 1 aromatic carbocycles. The molecule has 1 atom stereocenters. The van der Waals surface area contributed by atoms with E-state index in [0.717, 1.165) is 18.4 Å². The van der Waals surface area contributed by atoms with Crippen LogP contribution in [-0.4, -0.2) is 33.4 Å². The Labute approximate surface area is 152 Å². The number of benzene rings is 1. The number of carbonyl (C=O) groups is 2. The Bertz CT molecular complexity index is 763. The maximum Gasteiger partial charge on any atom is 0.341 e. The van der Waals surface area contributed by atoms with Crippen LogP contribution in [0.2, 0.25) is 0 Å². The summed E-state index contributed by atoms with van der Waals surface area (Å²) in [5.41, 5.74) is 1.50. The molecule has 0 spiro atoms. The summed E-state index contributed by atoms with van der Waals surface area (Å²) in [6.45, 7) is 1.53. The van der Waals surface area contributed by atoms with E-state index in [-0.39, 0.29) is 18.6 Å². The molecule has 1 amide bonds. The number of hydrogen-bond acceptors (Lipinski definition) is 4. The van der Waals surface area contributed by atoms with E-state index in [1.165, 1.54) is 12.8 Å². The van der Waals surface area contributed by atoms with Crippen LogP contribution in [0.1, 0.15) is 60.7 Å². The van der Waals surface area contributed by atoms with Gasteiger partial charge >= 0.3 is 5.97 Å². The Morgan fingerprint density at radius 3 is 2.62 bits per heavy atom. The van der Waals surface area contributed by atoms with Gasteiger partial charge < -0.3 is 15.2 Å². The summed E-state index contributed by atoms with van der Waals surface area (Å²) < 4.78 is 6.96. The number of amides is 1. The predicted octanol–water partition coefficient (Wildman–Crippen LogP) is 2.95.